The molecule has 3 fully saturated rings. The van der Waals surface area contributed by atoms with Crippen LogP contribution in [0.15, 0.2) is 0 Å². The molecule has 0 spiro atoms. The van der Waals surface area contributed by atoms with E-state index in [4.69, 9.17) is 0 Å². The van der Waals surface area contributed by atoms with Crippen LogP contribution in [0.4, 0.5) is 0 Å². The average molecular weight is 383 g/mol. The molecule has 0 amide bonds. The normalized spacial score (nSPS) is 31.1. The highest BCUT2D eigenvalue weighted by Crippen LogP contribution is 2.64. The molecule has 3 rings (SSSR count). The van der Waals surface area contributed by atoms with Crippen LogP contribution < -0.4 is 0 Å². The molecule has 0 nitrogen and oxygen atoms in total. The lowest BCUT2D eigenvalue weighted by molar-refractivity contribution is 0.466. The molecule has 25 heavy (non-hydrogen) atoms. The van der Waals surface area contributed by atoms with Crippen LogP contribution in [0, 0.1) is 5.92 Å². The molecule has 0 saturated heterocycles. The van der Waals surface area contributed by atoms with Crippen molar-refractivity contribution in [2.45, 2.75) is 127 Å². The molecule has 0 heterocycles. The van der Waals surface area contributed by atoms with E-state index in [0.29, 0.717) is 7.92 Å². The summed E-state index contributed by atoms with van der Waals surface area (Å²) in [6.45, 7) is 7.73. The Hall–Kier alpha value is 0.860. The minimum atomic E-state index is 0.280. The van der Waals surface area contributed by atoms with Crippen molar-refractivity contribution in [3.63, 3.8) is 0 Å². The zero-order chi connectivity index (χ0) is 17.6. The maximum atomic E-state index is 2.76. The van der Waals surface area contributed by atoms with E-state index in [1.54, 1.807) is 70.6 Å². The zero-order valence-electron chi connectivity index (χ0n) is 17.4. The first-order chi connectivity index (χ1) is 12.3. The number of hydrogen-bond acceptors (Lipinski definition) is 0. The van der Waals surface area contributed by atoms with Crippen LogP contribution in [-0.4, -0.2) is 35.0 Å². The fraction of sp³-hybridized carbons (Fsp3) is 1.00. The van der Waals surface area contributed by atoms with Gasteiger partial charge in [0.25, 0.3) is 0 Å². The summed E-state index contributed by atoms with van der Waals surface area (Å²) in [5, 5.41) is 0. The smallest absolute Gasteiger partial charge is 0.0175 e. The second-order valence-electron chi connectivity index (χ2n) is 9.15. The van der Waals surface area contributed by atoms with E-state index in [-0.39, 0.29) is 7.92 Å². The van der Waals surface area contributed by atoms with Gasteiger partial charge < -0.3 is 0 Å². The Kier molecular flexibility index (Phi) is 8.58. The first-order valence-corrected chi connectivity index (χ1v) is 15.1. The van der Waals surface area contributed by atoms with Gasteiger partial charge in [-0.05, 0) is 79.4 Å². The minimum Gasteiger partial charge on any atom is -0.104 e. The maximum absolute atomic E-state index is 2.76. The van der Waals surface area contributed by atoms with Crippen molar-refractivity contribution >= 4 is 15.8 Å². The van der Waals surface area contributed by atoms with Gasteiger partial charge in [0.2, 0.25) is 0 Å². The quantitative estimate of drug-likeness (QED) is 0.389. The van der Waals surface area contributed by atoms with Gasteiger partial charge in [-0.15, -0.1) is 7.92 Å². The molecule has 0 aromatic carbocycles. The van der Waals surface area contributed by atoms with Gasteiger partial charge in [0.15, 0.2) is 0 Å². The van der Waals surface area contributed by atoms with Crippen molar-refractivity contribution in [3.05, 3.63) is 0 Å². The van der Waals surface area contributed by atoms with Crippen LogP contribution in [0.25, 0.3) is 0 Å². The Balaban J connectivity index is 1.76. The molecule has 2 unspecified atom stereocenters. The lowest BCUT2D eigenvalue weighted by Crippen LogP contribution is -2.32. The standard InChI is InChI=1S/C23H44P2/c1-4-24(5-2)23-18-12-17-22(23)19(3)25(20-13-8-6-9-14-20)21-15-10-7-11-16-21/h19-23H,4-18H2,1-3H3/t19-,22?,23?/m1/s1. The summed E-state index contributed by atoms with van der Waals surface area (Å²) in [5.74, 6) is 1.11. The van der Waals surface area contributed by atoms with Gasteiger partial charge in [-0.1, -0.05) is 73.6 Å². The monoisotopic (exact) mass is 382 g/mol. The van der Waals surface area contributed by atoms with Gasteiger partial charge >= 0.3 is 0 Å². The Labute approximate surface area is 161 Å². The lowest BCUT2D eigenvalue weighted by atomic mass is 9.99. The molecule has 0 aromatic rings. The second kappa shape index (κ2) is 10.4. The Morgan fingerprint density at radius 2 is 1.20 bits per heavy atom. The van der Waals surface area contributed by atoms with Crippen LogP contribution in [0.2, 0.25) is 0 Å². The molecule has 0 radical (unpaired) electrons. The summed E-state index contributed by atoms with van der Waals surface area (Å²) in [5.41, 5.74) is 4.52. The van der Waals surface area contributed by atoms with Crippen molar-refractivity contribution in [2.24, 2.45) is 5.92 Å². The third kappa shape index (κ3) is 5.02. The van der Waals surface area contributed by atoms with E-state index in [1.165, 1.54) is 25.2 Å². The minimum absolute atomic E-state index is 0.280. The van der Waals surface area contributed by atoms with Gasteiger partial charge in [0.1, 0.15) is 0 Å². The summed E-state index contributed by atoms with van der Waals surface area (Å²) in [4.78, 5) is 0. The number of hydrogen-bond donors (Lipinski definition) is 0. The SMILES string of the molecule is CCP(CC)C1CCCC1[C@@H](C)P(C1CCCCC1)C1CCCCC1. The molecule has 3 aliphatic rings. The molecular formula is C23H44P2. The lowest BCUT2D eigenvalue weighted by Gasteiger charge is -2.45. The molecule has 0 bridgehead atoms. The molecule has 3 saturated carbocycles. The molecule has 3 aliphatic carbocycles. The predicted molar refractivity (Wildman–Crippen MR) is 119 cm³/mol. The van der Waals surface area contributed by atoms with Crippen molar-refractivity contribution in [2.75, 3.05) is 12.3 Å². The average Bonchev–Trinajstić information content (AvgIpc) is 3.14. The van der Waals surface area contributed by atoms with Crippen molar-refractivity contribution in [3.8, 4) is 0 Å². The van der Waals surface area contributed by atoms with Gasteiger partial charge in [-0.2, -0.15) is 0 Å². The highest BCUT2D eigenvalue weighted by molar-refractivity contribution is 7.60. The van der Waals surface area contributed by atoms with E-state index < -0.39 is 0 Å². The molecule has 146 valence electrons. The van der Waals surface area contributed by atoms with Crippen LogP contribution in [0.1, 0.15) is 104 Å². The van der Waals surface area contributed by atoms with Crippen LogP contribution in [0.5, 0.6) is 0 Å². The van der Waals surface area contributed by atoms with E-state index in [9.17, 15) is 0 Å². The summed E-state index contributed by atoms with van der Waals surface area (Å²) in [6, 6.07) is 0. The fourth-order valence-electron chi connectivity index (χ4n) is 6.62. The molecule has 0 aromatic heterocycles. The second-order valence-corrected chi connectivity index (χ2v) is 15.4. The molecule has 0 aliphatic heterocycles. The summed E-state index contributed by atoms with van der Waals surface area (Å²) in [6.07, 6.45) is 23.4. The van der Waals surface area contributed by atoms with Crippen molar-refractivity contribution in [1.82, 2.24) is 0 Å². The van der Waals surface area contributed by atoms with Gasteiger partial charge in [0, 0.05) is 0 Å². The van der Waals surface area contributed by atoms with E-state index in [1.807, 2.05) is 0 Å². The Morgan fingerprint density at radius 1 is 0.680 bits per heavy atom. The van der Waals surface area contributed by atoms with E-state index in [2.05, 4.69) is 20.8 Å². The Morgan fingerprint density at radius 3 is 1.68 bits per heavy atom. The predicted octanol–water partition coefficient (Wildman–Crippen LogP) is 8.21. The fourth-order valence-corrected chi connectivity index (χ4v) is 14.3. The summed E-state index contributed by atoms with van der Waals surface area (Å²) >= 11 is 0. The number of rotatable bonds is 7. The molecule has 2 heteroatoms. The molecule has 0 N–H and O–H groups in total. The third-order valence-corrected chi connectivity index (χ3v) is 15.1. The summed E-state index contributed by atoms with van der Waals surface area (Å²) in [7, 11) is 0.601. The largest absolute Gasteiger partial charge is 0.104 e. The van der Waals surface area contributed by atoms with E-state index >= 15 is 0 Å². The third-order valence-electron chi connectivity index (χ3n) is 7.90. The van der Waals surface area contributed by atoms with Crippen LogP contribution in [0.3, 0.4) is 0 Å². The van der Waals surface area contributed by atoms with Crippen molar-refractivity contribution < 1.29 is 0 Å². The van der Waals surface area contributed by atoms with Crippen molar-refractivity contribution in [1.29, 1.82) is 0 Å². The maximum Gasteiger partial charge on any atom is -0.0175 e. The van der Waals surface area contributed by atoms with Crippen LogP contribution >= 0.6 is 15.8 Å². The molecular weight excluding hydrogens is 338 g/mol. The van der Waals surface area contributed by atoms with Gasteiger partial charge in [-0.3, -0.25) is 0 Å². The van der Waals surface area contributed by atoms with E-state index in [0.717, 1.165) is 28.6 Å². The van der Waals surface area contributed by atoms with Gasteiger partial charge in [0.05, 0.1) is 0 Å². The first-order valence-electron chi connectivity index (χ1n) is 11.8. The summed E-state index contributed by atoms with van der Waals surface area (Å²) < 4.78 is 0. The Bertz CT molecular complexity index is 348. The zero-order valence-corrected chi connectivity index (χ0v) is 19.2. The van der Waals surface area contributed by atoms with Crippen LogP contribution in [-0.2, 0) is 0 Å². The highest BCUT2D eigenvalue weighted by atomic mass is 31.1. The molecule has 3 atom stereocenters. The van der Waals surface area contributed by atoms with Gasteiger partial charge in [-0.25, -0.2) is 0 Å². The topological polar surface area (TPSA) is 0 Å². The highest BCUT2D eigenvalue weighted by Gasteiger charge is 2.42. The first kappa shape index (κ1) is 20.6.